The van der Waals surface area contributed by atoms with Gasteiger partial charge in [-0.2, -0.15) is 18.4 Å². The van der Waals surface area contributed by atoms with Crippen LogP contribution in [0.15, 0.2) is 48.7 Å². The number of aromatic nitrogens is 1. The van der Waals surface area contributed by atoms with Crippen LogP contribution < -0.4 is 9.47 Å². The summed E-state index contributed by atoms with van der Waals surface area (Å²) in [6, 6.07) is 11.1. The van der Waals surface area contributed by atoms with Crippen LogP contribution in [0.3, 0.4) is 0 Å². The Kier molecular flexibility index (Phi) is 8.31. The maximum Gasteiger partial charge on any atom is 0.417 e. The summed E-state index contributed by atoms with van der Waals surface area (Å²) in [6.07, 6.45) is -4.04. The lowest BCUT2D eigenvalue weighted by Gasteiger charge is -2.28. The number of hydrogen-bond donors (Lipinski definition) is 0. The number of pyridine rings is 1. The first kappa shape index (κ1) is 27.9. The fraction of sp³-hybridized carbons (Fsp3) is 0.208. The minimum Gasteiger partial charge on any atom is -0.478 e. The molecule has 0 N–H and O–H groups in total. The van der Waals surface area contributed by atoms with Gasteiger partial charge in [-0.1, -0.05) is 52.5 Å². The number of nitrogens with zero attached hydrogens (tertiary/aromatic N) is 2. The topological polar surface area (TPSA) is 72.2 Å². The number of hydrogen-bond acceptors (Lipinski definition) is 5. The number of carbonyl (C=O) groups is 1. The number of carbonyl (C=O) groups excluding carboxylic acids is 1. The molecule has 188 valence electrons. The van der Waals surface area contributed by atoms with Crippen LogP contribution in [0.25, 0.3) is 0 Å². The molecule has 2 aromatic carbocycles. The Morgan fingerprint density at radius 3 is 2.28 bits per heavy atom. The molecule has 0 bridgehead atoms. The lowest BCUT2D eigenvalue weighted by Crippen LogP contribution is -2.41. The first-order valence-electron chi connectivity index (χ1n) is 10.0. The maximum absolute atomic E-state index is 13.3. The molecule has 0 aliphatic rings. The standard InChI is InChI=1S/C24H15Cl4F3N2O3/c1-23(2,21(34)16(10-32)15-5-3-13(25)8-18(15)27)36-20-9-14(4-6-17(20)26)35-22-19(28)7-12(11-33-22)24(29,30)31/h3-9,11,16H,1-2H3. The summed E-state index contributed by atoms with van der Waals surface area (Å²) in [4.78, 5) is 16.9. The Morgan fingerprint density at radius 2 is 1.69 bits per heavy atom. The Labute approximate surface area is 224 Å². The third-order valence-electron chi connectivity index (χ3n) is 4.88. The van der Waals surface area contributed by atoms with Gasteiger partial charge in [0.05, 0.1) is 16.7 Å². The van der Waals surface area contributed by atoms with Gasteiger partial charge in [0.1, 0.15) is 22.4 Å². The highest BCUT2D eigenvalue weighted by Crippen LogP contribution is 2.38. The number of nitriles is 1. The molecule has 0 saturated carbocycles. The molecule has 0 aliphatic heterocycles. The molecule has 3 aromatic rings. The summed E-state index contributed by atoms with van der Waals surface area (Å²) in [5, 5.41) is 9.90. The zero-order chi connectivity index (χ0) is 26.8. The second kappa shape index (κ2) is 10.7. The van der Waals surface area contributed by atoms with E-state index in [0.29, 0.717) is 17.3 Å². The third kappa shape index (κ3) is 6.34. The molecule has 3 rings (SSSR count). The Hall–Kier alpha value is -2.70. The van der Waals surface area contributed by atoms with Gasteiger partial charge in [0.2, 0.25) is 5.88 Å². The van der Waals surface area contributed by atoms with Gasteiger partial charge in [-0.3, -0.25) is 4.79 Å². The van der Waals surface area contributed by atoms with Crippen LogP contribution in [-0.2, 0) is 11.0 Å². The van der Waals surface area contributed by atoms with Crippen LogP contribution in [0.4, 0.5) is 13.2 Å². The van der Waals surface area contributed by atoms with E-state index in [1.165, 1.54) is 50.2 Å². The van der Waals surface area contributed by atoms with Crippen LogP contribution >= 0.6 is 46.4 Å². The highest BCUT2D eigenvalue weighted by atomic mass is 35.5. The van der Waals surface area contributed by atoms with E-state index in [9.17, 15) is 23.2 Å². The summed E-state index contributed by atoms with van der Waals surface area (Å²) < 4.78 is 49.9. The summed E-state index contributed by atoms with van der Waals surface area (Å²) in [7, 11) is 0. The van der Waals surface area contributed by atoms with E-state index in [1.54, 1.807) is 0 Å². The van der Waals surface area contributed by atoms with Gasteiger partial charge in [-0.15, -0.1) is 0 Å². The van der Waals surface area contributed by atoms with Crippen molar-refractivity contribution in [2.24, 2.45) is 0 Å². The van der Waals surface area contributed by atoms with Crippen molar-refractivity contribution in [2.75, 3.05) is 0 Å². The molecule has 36 heavy (non-hydrogen) atoms. The minimum absolute atomic E-state index is 0.00874. The highest BCUT2D eigenvalue weighted by molar-refractivity contribution is 6.35. The van der Waals surface area contributed by atoms with E-state index >= 15 is 0 Å². The van der Waals surface area contributed by atoms with Crippen LogP contribution in [0.2, 0.25) is 20.1 Å². The zero-order valence-electron chi connectivity index (χ0n) is 18.5. The van der Waals surface area contributed by atoms with Crippen LogP contribution in [0.5, 0.6) is 17.4 Å². The summed E-state index contributed by atoms with van der Waals surface area (Å²) in [6.45, 7) is 2.89. The number of benzene rings is 2. The number of Topliss-reactive ketones (excluding diaryl/α,β-unsaturated/α-hetero) is 1. The van der Waals surface area contributed by atoms with E-state index < -0.39 is 29.0 Å². The van der Waals surface area contributed by atoms with E-state index in [2.05, 4.69) is 4.98 Å². The fourth-order valence-corrected chi connectivity index (χ4v) is 3.95. The van der Waals surface area contributed by atoms with E-state index in [4.69, 9.17) is 55.9 Å². The van der Waals surface area contributed by atoms with Crippen LogP contribution in [-0.4, -0.2) is 16.4 Å². The molecular weight excluding hydrogens is 563 g/mol. The third-order valence-corrected chi connectivity index (χ3v) is 6.02. The molecule has 0 amide bonds. The minimum atomic E-state index is -4.62. The summed E-state index contributed by atoms with van der Waals surface area (Å²) >= 11 is 24.2. The van der Waals surface area contributed by atoms with Crippen molar-refractivity contribution in [3.05, 3.63) is 79.9 Å². The SMILES string of the molecule is CC(C)(Oc1cc(Oc2ncc(C(F)(F)F)cc2Cl)ccc1Cl)C(=O)C(C#N)c1ccc(Cl)cc1Cl. The zero-order valence-corrected chi connectivity index (χ0v) is 21.5. The average Bonchev–Trinajstić information content (AvgIpc) is 2.78. The molecule has 5 nitrogen and oxygen atoms in total. The van der Waals surface area contributed by atoms with Crippen molar-refractivity contribution in [1.29, 1.82) is 5.26 Å². The number of ether oxygens (including phenoxy) is 2. The Morgan fingerprint density at radius 1 is 1.00 bits per heavy atom. The molecule has 0 aliphatic carbocycles. The number of ketones is 1. The second-order valence-corrected chi connectivity index (χ2v) is 9.57. The largest absolute Gasteiger partial charge is 0.478 e. The van der Waals surface area contributed by atoms with Crippen molar-refractivity contribution in [3.8, 4) is 23.4 Å². The van der Waals surface area contributed by atoms with Gasteiger partial charge in [0, 0.05) is 22.3 Å². The van der Waals surface area contributed by atoms with Gasteiger partial charge in [-0.05, 0) is 49.7 Å². The normalized spacial score (nSPS) is 12.6. The molecule has 1 unspecified atom stereocenters. The van der Waals surface area contributed by atoms with Crippen LogP contribution in [0.1, 0.15) is 30.9 Å². The van der Waals surface area contributed by atoms with Crippen molar-refractivity contribution < 1.29 is 27.4 Å². The van der Waals surface area contributed by atoms with Crippen molar-refractivity contribution in [2.45, 2.75) is 31.5 Å². The lowest BCUT2D eigenvalue weighted by atomic mass is 9.87. The molecule has 1 heterocycles. The molecule has 0 spiro atoms. The molecule has 0 radical (unpaired) electrons. The van der Waals surface area contributed by atoms with Gasteiger partial charge in [0.15, 0.2) is 11.4 Å². The molecule has 0 fully saturated rings. The fourth-order valence-electron chi connectivity index (χ4n) is 3.07. The Balaban J connectivity index is 1.86. The van der Waals surface area contributed by atoms with Gasteiger partial charge in [0.25, 0.3) is 0 Å². The van der Waals surface area contributed by atoms with E-state index in [-0.39, 0.29) is 38.0 Å². The number of halogens is 7. The number of rotatable bonds is 7. The van der Waals surface area contributed by atoms with E-state index in [1.807, 2.05) is 6.07 Å². The maximum atomic E-state index is 13.3. The lowest BCUT2D eigenvalue weighted by molar-refractivity contribution is -0.137. The van der Waals surface area contributed by atoms with Crippen molar-refractivity contribution in [3.63, 3.8) is 0 Å². The first-order valence-corrected chi connectivity index (χ1v) is 11.5. The second-order valence-electron chi connectivity index (χ2n) is 7.91. The first-order chi connectivity index (χ1) is 16.7. The van der Waals surface area contributed by atoms with Gasteiger partial charge >= 0.3 is 6.18 Å². The van der Waals surface area contributed by atoms with Crippen LogP contribution in [0, 0.1) is 11.3 Å². The monoisotopic (exact) mass is 576 g/mol. The average molecular weight is 578 g/mol. The molecule has 1 aromatic heterocycles. The predicted octanol–water partition coefficient (Wildman–Crippen LogP) is 8.54. The quantitative estimate of drug-likeness (QED) is 0.281. The summed E-state index contributed by atoms with van der Waals surface area (Å²) in [5.74, 6) is -2.07. The molecule has 0 saturated heterocycles. The molecule has 1 atom stereocenters. The van der Waals surface area contributed by atoms with Crippen molar-refractivity contribution in [1.82, 2.24) is 4.98 Å². The predicted molar refractivity (Wildman–Crippen MR) is 130 cm³/mol. The van der Waals surface area contributed by atoms with Gasteiger partial charge in [-0.25, -0.2) is 4.98 Å². The number of alkyl halides is 3. The Bertz CT molecular complexity index is 1360. The summed E-state index contributed by atoms with van der Waals surface area (Å²) in [5.41, 5.74) is -2.33. The highest BCUT2D eigenvalue weighted by Gasteiger charge is 2.38. The molecular formula is C24H15Cl4F3N2O3. The molecule has 12 heteroatoms. The van der Waals surface area contributed by atoms with Gasteiger partial charge < -0.3 is 9.47 Å². The van der Waals surface area contributed by atoms with Crippen molar-refractivity contribution >= 4 is 52.2 Å². The smallest absolute Gasteiger partial charge is 0.417 e. The van der Waals surface area contributed by atoms with E-state index in [0.717, 1.165) is 0 Å².